The van der Waals surface area contributed by atoms with Crippen LogP contribution in [-0.2, 0) is 9.59 Å². The summed E-state index contributed by atoms with van der Waals surface area (Å²) in [5.41, 5.74) is 6.06. The molecule has 0 aliphatic carbocycles. The molecule has 0 saturated carbocycles. The maximum absolute atomic E-state index is 13.9. The highest BCUT2D eigenvalue weighted by molar-refractivity contribution is 5.90. The lowest BCUT2D eigenvalue weighted by Crippen LogP contribution is -2.53. The first kappa shape index (κ1) is 40.2. The van der Waals surface area contributed by atoms with E-state index in [0.29, 0.717) is 12.5 Å². The molecule has 13 heteroatoms. The van der Waals surface area contributed by atoms with Gasteiger partial charge in [-0.2, -0.15) is 5.26 Å². The summed E-state index contributed by atoms with van der Waals surface area (Å²) in [4.78, 5) is 53.5. The summed E-state index contributed by atoms with van der Waals surface area (Å²) in [6.07, 6.45) is 9.10. The van der Waals surface area contributed by atoms with Crippen molar-refractivity contribution in [3.05, 3.63) is 72.6 Å². The standard InChI is InChI=1S/C43H57N11O2/c1-26(2)37(48-28(5)6)41(55)53-21-9-11-35(53)39-45-23-33(49-39)31-17-13-29(14-18-31)30-15-19-32(20-16-30)34-24-46-40(50-34)36-12-10-22-54(36)42(56)38(27(3)4)51-43(47-25-44)52(7)8/h13-20,23-24,26-28,35-38,48H,9-12,21-22H2,1-8H3,(H,45,49)(H,46,50)(H,47,51)/t35-,36-,37-,38?/m0/s1. The SMILES string of the molecule is CC(C)N[C@H](C(=O)N1CCC[C@H]1c1ncc(-c2ccc(-c3ccc(-c4cnc([C@@H]5CCCN5C(=O)C(N/C(=N/C#N)N(C)C)C(C)C)[nH]4)cc3)cc2)[nH]1)C(C)C. The Kier molecular flexibility index (Phi) is 12.6. The second-order valence-electron chi connectivity index (χ2n) is 16.2. The molecule has 4 atom stereocenters. The molecule has 2 aromatic heterocycles. The Balaban J connectivity index is 1.11. The van der Waals surface area contributed by atoms with Crippen LogP contribution >= 0.6 is 0 Å². The molecular formula is C43H57N11O2. The molecule has 2 fully saturated rings. The van der Waals surface area contributed by atoms with Crippen LogP contribution in [0, 0.1) is 23.3 Å². The molecule has 56 heavy (non-hydrogen) atoms. The Morgan fingerprint density at radius 3 is 1.57 bits per heavy atom. The zero-order chi connectivity index (χ0) is 40.1. The van der Waals surface area contributed by atoms with E-state index in [4.69, 9.17) is 15.2 Å². The number of hydrogen-bond donors (Lipinski definition) is 4. The summed E-state index contributed by atoms with van der Waals surface area (Å²) >= 11 is 0. The molecule has 4 N–H and O–H groups in total. The zero-order valence-corrected chi connectivity index (χ0v) is 34.0. The number of nitriles is 1. The number of aliphatic imine (C=N–C) groups is 1. The number of carbonyl (C=O) groups excluding carboxylic acids is 2. The van der Waals surface area contributed by atoms with Crippen LogP contribution in [0.1, 0.15) is 91.0 Å². The van der Waals surface area contributed by atoms with Crippen molar-refractivity contribution in [3.63, 3.8) is 0 Å². The number of carbonyl (C=O) groups is 2. The molecule has 1 unspecified atom stereocenters. The Bertz CT molecular complexity index is 2020. The van der Waals surface area contributed by atoms with Crippen molar-refractivity contribution < 1.29 is 9.59 Å². The second-order valence-corrected chi connectivity index (χ2v) is 16.2. The normalized spacial score (nSPS) is 18.5. The van der Waals surface area contributed by atoms with Gasteiger partial charge in [-0.25, -0.2) is 9.97 Å². The van der Waals surface area contributed by atoms with E-state index >= 15 is 0 Å². The van der Waals surface area contributed by atoms with E-state index in [1.54, 1.807) is 19.0 Å². The van der Waals surface area contributed by atoms with Crippen molar-refractivity contribution in [2.24, 2.45) is 16.8 Å². The van der Waals surface area contributed by atoms with Gasteiger partial charge in [0.15, 0.2) is 0 Å². The molecule has 0 radical (unpaired) electrons. The number of nitrogens with zero attached hydrogens (tertiary/aromatic N) is 7. The molecule has 4 aromatic rings. The smallest absolute Gasteiger partial charge is 0.246 e. The third-order valence-corrected chi connectivity index (χ3v) is 10.9. The highest BCUT2D eigenvalue weighted by atomic mass is 16.2. The minimum Gasteiger partial charge on any atom is -0.348 e. The van der Waals surface area contributed by atoms with Crippen molar-refractivity contribution in [2.75, 3.05) is 27.2 Å². The van der Waals surface area contributed by atoms with Crippen molar-refractivity contribution in [3.8, 4) is 39.8 Å². The van der Waals surface area contributed by atoms with E-state index in [9.17, 15) is 9.59 Å². The lowest BCUT2D eigenvalue weighted by atomic mass is 10.0. The lowest BCUT2D eigenvalue weighted by Gasteiger charge is -2.32. The predicted octanol–water partition coefficient (Wildman–Crippen LogP) is 6.50. The largest absolute Gasteiger partial charge is 0.348 e. The van der Waals surface area contributed by atoms with Crippen LogP contribution in [-0.4, -0.2) is 97.7 Å². The number of aromatic amines is 2. The van der Waals surface area contributed by atoms with Crippen LogP contribution in [0.4, 0.5) is 0 Å². The fourth-order valence-corrected chi connectivity index (χ4v) is 7.85. The average Bonchev–Trinajstić information content (AvgIpc) is 4.01. The molecule has 13 nitrogen and oxygen atoms in total. The third-order valence-electron chi connectivity index (χ3n) is 10.9. The maximum atomic E-state index is 13.9. The summed E-state index contributed by atoms with van der Waals surface area (Å²) < 4.78 is 0. The van der Waals surface area contributed by atoms with E-state index in [2.05, 4.69) is 102 Å². The van der Waals surface area contributed by atoms with Gasteiger partial charge in [0.2, 0.25) is 24.0 Å². The summed E-state index contributed by atoms with van der Waals surface area (Å²) in [7, 11) is 3.58. The number of hydrogen-bond acceptors (Lipinski definition) is 7. The Morgan fingerprint density at radius 1 is 0.750 bits per heavy atom. The first-order valence-corrected chi connectivity index (χ1v) is 19.9. The van der Waals surface area contributed by atoms with Crippen LogP contribution in [0.25, 0.3) is 33.6 Å². The summed E-state index contributed by atoms with van der Waals surface area (Å²) in [5, 5.41) is 15.8. The van der Waals surface area contributed by atoms with Crippen LogP contribution in [0.5, 0.6) is 0 Å². The van der Waals surface area contributed by atoms with Crippen molar-refractivity contribution in [1.82, 2.24) is 45.3 Å². The number of nitrogens with one attached hydrogen (secondary N) is 4. The van der Waals surface area contributed by atoms with Gasteiger partial charge in [0, 0.05) is 33.2 Å². The van der Waals surface area contributed by atoms with Gasteiger partial charge in [-0.05, 0) is 59.8 Å². The number of benzene rings is 2. The summed E-state index contributed by atoms with van der Waals surface area (Å²) in [6, 6.07) is 16.1. The molecule has 0 spiro atoms. The quantitative estimate of drug-likeness (QED) is 0.0724. The van der Waals surface area contributed by atoms with E-state index in [-0.39, 0.29) is 47.8 Å². The average molecular weight is 760 g/mol. The van der Waals surface area contributed by atoms with Crippen LogP contribution < -0.4 is 10.6 Å². The summed E-state index contributed by atoms with van der Waals surface area (Å²) in [6.45, 7) is 13.7. The summed E-state index contributed by atoms with van der Waals surface area (Å²) in [5.74, 6) is 2.26. The fourth-order valence-electron chi connectivity index (χ4n) is 7.85. The third kappa shape index (κ3) is 8.81. The van der Waals surface area contributed by atoms with Gasteiger partial charge in [0.05, 0.1) is 41.9 Å². The highest BCUT2D eigenvalue weighted by Gasteiger charge is 2.38. The second kappa shape index (κ2) is 17.5. The van der Waals surface area contributed by atoms with Gasteiger partial charge in [-0.3, -0.25) is 9.59 Å². The van der Waals surface area contributed by atoms with Crippen LogP contribution in [0.3, 0.4) is 0 Å². The number of aromatic nitrogens is 4. The van der Waals surface area contributed by atoms with Gasteiger partial charge in [0.25, 0.3) is 0 Å². The zero-order valence-electron chi connectivity index (χ0n) is 34.0. The van der Waals surface area contributed by atoms with Crippen molar-refractivity contribution in [1.29, 1.82) is 5.26 Å². The Labute approximate surface area is 331 Å². The molecule has 0 bridgehead atoms. The van der Waals surface area contributed by atoms with Crippen molar-refractivity contribution >= 4 is 17.8 Å². The number of guanidine groups is 1. The maximum Gasteiger partial charge on any atom is 0.246 e. The first-order chi connectivity index (χ1) is 26.9. The molecule has 2 amide bonds. The number of imidazole rings is 2. The van der Waals surface area contributed by atoms with Crippen molar-refractivity contribution in [2.45, 2.75) is 97.4 Å². The van der Waals surface area contributed by atoms with Gasteiger partial charge >= 0.3 is 0 Å². The first-order valence-electron chi connectivity index (χ1n) is 19.9. The highest BCUT2D eigenvalue weighted by Crippen LogP contribution is 2.35. The molecule has 2 aliphatic heterocycles. The van der Waals surface area contributed by atoms with E-state index in [0.717, 1.165) is 77.5 Å². The minimum atomic E-state index is -0.534. The topological polar surface area (TPSA) is 161 Å². The Morgan fingerprint density at radius 2 is 1.18 bits per heavy atom. The van der Waals surface area contributed by atoms with Gasteiger partial charge in [0.1, 0.15) is 17.7 Å². The fraction of sp³-hybridized carbons (Fsp3) is 0.488. The lowest BCUT2D eigenvalue weighted by molar-refractivity contribution is -0.136. The van der Waals surface area contributed by atoms with Crippen LogP contribution in [0.2, 0.25) is 0 Å². The molecule has 4 heterocycles. The number of likely N-dealkylation sites (tertiary alicyclic amines) is 2. The van der Waals surface area contributed by atoms with Crippen LogP contribution in [0.15, 0.2) is 65.9 Å². The molecule has 2 aliphatic rings. The van der Waals surface area contributed by atoms with Gasteiger partial charge in [-0.15, -0.1) is 4.99 Å². The molecule has 2 saturated heterocycles. The predicted molar refractivity (Wildman–Crippen MR) is 220 cm³/mol. The van der Waals surface area contributed by atoms with Gasteiger partial charge < -0.3 is 35.3 Å². The van der Waals surface area contributed by atoms with E-state index < -0.39 is 6.04 Å². The molecule has 2 aromatic carbocycles. The molecular weight excluding hydrogens is 703 g/mol. The minimum absolute atomic E-state index is 0.0192. The number of H-pyrrole nitrogens is 2. The number of amides is 2. The van der Waals surface area contributed by atoms with E-state index in [1.807, 2.05) is 42.2 Å². The number of rotatable bonds is 12. The molecule has 6 rings (SSSR count). The van der Waals surface area contributed by atoms with Gasteiger partial charge in [-0.1, -0.05) is 90.1 Å². The monoisotopic (exact) mass is 759 g/mol. The molecule has 296 valence electrons. The Hall–Kier alpha value is -5.48. The van der Waals surface area contributed by atoms with E-state index in [1.165, 1.54) is 0 Å².